The summed E-state index contributed by atoms with van der Waals surface area (Å²) in [6.45, 7) is 0.883. The molecule has 10 nitrogen and oxygen atoms in total. The lowest BCUT2D eigenvalue weighted by atomic mass is 9.75. The standard InChI is InChI=1S/C26H27N5O5/c27-23(33)16-5-8-28-13-18(16)29-24(34)21-12-15-11-20(15)31(21)22(32)14-30-19-4-2-1-3-17(19)26(25(30)35)6-9-36-10-7-26/h1-5,8,13,15,20-21H,6-7,9-12,14H2,(H2,27,33)(H,29,34)/t15-,20-,21+/m1/s1. The van der Waals surface area contributed by atoms with E-state index < -0.39 is 17.4 Å². The fraction of sp³-hybridized carbons (Fsp3) is 0.423. The van der Waals surface area contributed by atoms with Crippen molar-refractivity contribution in [1.29, 1.82) is 0 Å². The van der Waals surface area contributed by atoms with Crippen molar-refractivity contribution in [2.24, 2.45) is 11.7 Å². The highest BCUT2D eigenvalue weighted by molar-refractivity contribution is 6.11. The number of likely N-dealkylation sites (tertiary alicyclic amines) is 1. The number of ether oxygens (including phenoxy) is 1. The minimum atomic E-state index is -0.688. The van der Waals surface area contributed by atoms with Crippen molar-refractivity contribution in [1.82, 2.24) is 9.88 Å². The van der Waals surface area contributed by atoms with E-state index in [1.54, 1.807) is 9.80 Å². The summed E-state index contributed by atoms with van der Waals surface area (Å²) in [5, 5.41) is 2.73. The Kier molecular flexibility index (Phi) is 5.29. The van der Waals surface area contributed by atoms with Crippen molar-refractivity contribution >= 4 is 35.0 Å². The quantitative estimate of drug-likeness (QED) is 0.648. The van der Waals surface area contributed by atoms with Crippen LogP contribution in [-0.4, -0.2) is 65.4 Å². The summed E-state index contributed by atoms with van der Waals surface area (Å²) in [6.07, 6.45) is 5.35. The van der Waals surface area contributed by atoms with Crippen LogP contribution in [-0.2, 0) is 24.5 Å². The van der Waals surface area contributed by atoms with Gasteiger partial charge in [0, 0.05) is 31.1 Å². The Bertz CT molecular complexity index is 1270. The van der Waals surface area contributed by atoms with Crippen molar-refractivity contribution in [3.05, 3.63) is 53.9 Å². The Labute approximate surface area is 207 Å². The van der Waals surface area contributed by atoms with Gasteiger partial charge in [-0.25, -0.2) is 0 Å². The molecule has 0 unspecified atom stereocenters. The van der Waals surface area contributed by atoms with E-state index in [4.69, 9.17) is 10.5 Å². The van der Waals surface area contributed by atoms with Crippen LogP contribution < -0.4 is 16.0 Å². The predicted molar refractivity (Wildman–Crippen MR) is 129 cm³/mol. The van der Waals surface area contributed by atoms with E-state index >= 15 is 0 Å². The van der Waals surface area contributed by atoms with Crippen LogP contribution in [0.4, 0.5) is 11.4 Å². The summed E-state index contributed by atoms with van der Waals surface area (Å²) in [5.41, 5.74) is 6.83. The largest absolute Gasteiger partial charge is 0.381 e. The molecule has 1 aromatic carbocycles. The molecule has 3 fully saturated rings. The van der Waals surface area contributed by atoms with E-state index in [1.807, 2.05) is 24.3 Å². The van der Waals surface area contributed by atoms with E-state index in [-0.39, 0.29) is 47.5 Å². The maximum Gasteiger partial charge on any atom is 0.250 e. The van der Waals surface area contributed by atoms with E-state index in [2.05, 4.69) is 10.3 Å². The Morgan fingerprint density at radius 3 is 2.69 bits per heavy atom. The Balaban J connectivity index is 1.23. The number of carbonyl (C=O) groups is 4. The third-order valence-corrected chi connectivity index (χ3v) is 8.04. The minimum Gasteiger partial charge on any atom is -0.381 e. The van der Waals surface area contributed by atoms with Crippen LogP contribution in [0.2, 0.25) is 0 Å². The first-order chi connectivity index (χ1) is 17.4. The molecule has 1 aromatic heterocycles. The van der Waals surface area contributed by atoms with Crippen LogP contribution in [0.3, 0.4) is 0 Å². The molecule has 2 aromatic rings. The predicted octanol–water partition coefficient (Wildman–Crippen LogP) is 1.20. The Morgan fingerprint density at radius 2 is 1.92 bits per heavy atom. The van der Waals surface area contributed by atoms with Crippen molar-refractivity contribution in [2.75, 3.05) is 30.0 Å². The highest BCUT2D eigenvalue weighted by Crippen LogP contribution is 2.50. The van der Waals surface area contributed by atoms with Gasteiger partial charge in [0.15, 0.2) is 0 Å². The zero-order valence-corrected chi connectivity index (χ0v) is 19.7. The molecule has 0 radical (unpaired) electrons. The number of rotatable bonds is 5. The third-order valence-electron chi connectivity index (χ3n) is 8.04. The highest BCUT2D eigenvalue weighted by Gasteiger charge is 2.57. The van der Waals surface area contributed by atoms with Gasteiger partial charge in [0.2, 0.25) is 17.7 Å². The van der Waals surface area contributed by atoms with Crippen LogP contribution in [0.1, 0.15) is 41.6 Å². The average molecular weight is 490 g/mol. The van der Waals surface area contributed by atoms with Gasteiger partial charge in [0.25, 0.3) is 5.91 Å². The molecule has 1 spiro atoms. The number of piperidine rings is 1. The molecule has 3 atom stereocenters. The number of nitrogens with two attached hydrogens (primary N) is 1. The molecule has 2 saturated heterocycles. The molecular formula is C26H27N5O5. The number of para-hydroxylation sites is 1. The van der Waals surface area contributed by atoms with Crippen LogP contribution in [0.15, 0.2) is 42.7 Å². The second kappa shape index (κ2) is 8.41. The molecule has 4 heterocycles. The van der Waals surface area contributed by atoms with Crippen molar-refractivity contribution < 1.29 is 23.9 Å². The van der Waals surface area contributed by atoms with Gasteiger partial charge in [-0.2, -0.15) is 0 Å². The molecule has 3 aliphatic heterocycles. The van der Waals surface area contributed by atoms with Gasteiger partial charge in [-0.3, -0.25) is 24.2 Å². The minimum absolute atomic E-state index is 0.0113. The van der Waals surface area contributed by atoms with Crippen molar-refractivity contribution in [3.63, 3.8) is 0 Å². The van der Waals surface area contributed by atoms with Crippen LogP contribution in [0, 0.1) is 5.92 Å². The smallest absolute Gasteiger partial charge is 0.250 e. The lowest BCUT2D eigenvalue weighted by Crippen LogP contribution is -2.51. The molecule has 36 heavy (non-hydrogen) atoms. The van der Waals surface area contributed by atoms with Crippen molar-refractivity contribution in [2.45, 2.75) is 43.2 Å². The van der Waals surface area contributed by atoms with Crippen LogP contribution in [0.5, 0.6) is 0 Å². The first-order valence-corrected chi connectivity index (χ1v) is 12.3. The van der Waals surface area contributed by atoms with Gasteiger partial charge in [-0.15, -0.1) is 0 Å². The second-order valence-corrected chi connectivity index (χ2v) is 9.99. The molecule has 4 aliphatic rings. The summed E-state index contributed by atoms with van der Waals surface area (Å²) in [7, 11) is 0. The number of aromatic nitrogens is 1. The summed E-state index contributed by atoms with van der Waals surface area (Å²) in [6, 6.07) is 8.38. The number of amides is 4. The van der Waals surface area contributed by atoms with Gasteiger partial charge >= 0.3 is 0 Å². The molecule has 1 saturated carbocycles. The fourth-order valence-electron chi connectivity index (χ4n) is 6.15. The van der Waals surface area contributed by atoms with E-state index in [1.165, 1.54) is 18.5 Å². The lowest BCUT2D eigenvalue weighted by molar-refractivity contribution is -0.138. The first-order valence-electron chi connectivity index (χ1n) is 12.3. The molecule has 6 rings (SSSR count). The third kappa shape index (κ3) is 3.47. The number of nitrogens with one attached hydrogen (secondary N) is 1. The summed E-state index contributed by atoms with van der Waals surface area (Å²) >= 11 is 0. The van der Waals surface area contributed by atoms with Crippen molar-refractivity contribution in [3.8, 4) is 0 Å². The van der Waals surface area contributed by atoms with E-state index in [0.29, 0.717) is 32.5 Å². The Hall–Kier alpha value is -3.79. The van der Waals surface area contributed by atoms with Gasteiger partial charge in [-0.05, 0) is 49.3 Å². The molecule has 1 aliphatic carbocycles. The van der Waals surface area contributed by atoms with Gasteiger partial charge in [-0.1, -0.05) is 18.2 Å². The Morgan fingerprint density at radius 1 is 1.14 bits per heavy atom. The highest BCUT2D eigenvalue weighted by atomic mass is 16.5. The number of pyridine rings is 1. The fourth-order valence-corrected chi connectivity index (χ4v) is 6.15. The monoisotopic (exact) mass is 489 g/mol. The summed E-state index contributed by atoms with van der Waals surface area (Å²) in [4.78, 5) is 59.5. The number of nitrogens with zero attached hydrogens (tertiary/aromatic N) is 3. The van der Waals surface area contributed by atoms with Gasteiger partial charge in [0.1, 0.15) is 12.6 Å². The van der Waals surface area contributed by atoms with Crippen LogP contribution >= 0.6 is 0 Å². The lowest BCUT2D eigenvalue weighted by Gasteiger charge is -2.33. The maximum absolute atomic E-state index is 13.7. The molecular weight excluding hydrogens is 462 g/mol. The number of primary amides is 1. The average Bonchev–Trinajstić information content (AvgIpc) is 3.50. The number of benzene rings is 1. The molecule has 0 bridgehead atoms. The molecule has 10 heteroatoms. The van der Waals surface area contributed by atoms with E-state index in [0.717, 1.165) is 17.7 Å². The maximum atomic E-state index is 13.7. The molecule has 4 amide bonds. The summed E-state index contributed by atoms with van der Waals surface area (Å²) in [5.74, 6) is -1.14. The number of hydrogen-bond acceptors (Lipinski definition) is 6. The molecule has 186 valence electrons. The zero-order valence-electron chi connectivity index (χ0n) is 19.7. The number of anilines is 2. The first kappa shape index (κ1) is 22.7. The van der Waals surface area contributed by atoms with Gasteiger partial charge in [0.05, 0.1) is 22.9 Å². The summed E-state index contributed by atoms with van der Waals surface area (Å²) < 4.78 is 5.53. The normalized spacial score (nSPS) is 25.4. The number of fused-ring (bicyclic) bond motifs is 3. The topological polar surface area (TPSA) is 135 Å². The van der Waals surface area contributed by atoms with Gasteiger partial charge < -0.3 is 25.6 Å². The molecule has 3 N–H and O–H groups in total. The number of carbonyl (C=O) groups excluding carboxylic acids is 4. The number of hydrogen-bond donors (Lipinski definition) is 2. The second-order valence-electron chi connectivity index (χ2n) is 9.99. The van der Waals surface area contributed by atoms with Crippen LogP contribution in [0.25, 0.3) is 0 Å². The zero-order chi connectivity index (χ0) is 25.0. The van der Waals surface area contributed by atoms with E-state index in [9.17, 15) is 19.2 Å². The SMILES string of the molecule is NC(=O)c1ccncc1NC(=O)[C@@H]1C[C@H]2C[C@H]2N1C(=O)CN1C(=O)C2(CCOCC2)c2ccccc21.